The average molecular weight is 263 g/mol. The van der Waals surface area contributed by atoms with E-state index in [1.54, 1.807) is 6.33 Å². The second-order valence-corrected chi connectivity index (χ2v) is 5.24. The molecule has 0 saturated carbocycles. The standard InChI is InChI=1S/C17H17N3/c1-12-8-9-15(13(2)10-12)17-19-11-18-16(20-17)14-6-4-3-5-7-14/h3-9,11,13H,10H2,1-2H3/t13-/m0/s1. The van der Waals surface area contributed by atoms with Crippen LogP contribution < -0.4 is 0 Å². The summed E-state index contributed by atoms with van der Waals surface area (Å²) in [5, 5.41) is 0. The van der Waals surface area contributed by atoms with E-state index in [1.807, 2.05) is 30.3 Å². The van der Waals surface area contributed by atoms with E-state index in [0.29, 0.717) is 5.92 Å². The summed E-state index contributed by atoms with van der Waals surface area (Å²) in [5.74, 6) is 1.97. The largest absolute Gasteiger partial charge is 0.217 e. The molecule has 20 heavy (non-hydrogen) atoms. The van der Waals surface area contributed by atoms with Crippen LogP contribution in [-0.2, 0) is 0 Å². The van der Waals surface area contributed by atoms with Gasteiger partial charge in [0.2, 0.25) is 0 Å². The molecular weight excluding hydrogens is 246 g/mol. The molecule has 0 amide bonds. The minimum absolute atomic E-state index is 0.450. The van der Waals surface area contributed by atoms with Crippen LogP contribution in [0.5, 0.6) is 0 Å². The van der Waals surface area contributed by atoms with Gasteiger partial charge in [0, 0.05) is 11.1 Å². The molecule has 3 rings (SSSR count). The zero-order valence-electron chi connectivity index (χ0n) is 11.7. The maximum absolute atomic E-state index is 4.62. The third-order valence-electron chi connectivity index (χ3n) is 3.57. The van der Waals surface area contributed by atoms with Gasteiger partial charge in [0.25, 0.3) is 0 Å². The minimum atomic E-state index is 0.450. The van der Waals surface area contributed by atoms with Gasteiger partial charge in [-0.15, -0.1) is 0 Å². The number of rotatable bonds is 2. The summed E-state index contributed by atoms with van der Waals surface area (Å²) in [4.78, 5) is 13.2. The predicted octanol–water partition coefficient (Wildman–Crippen LogP) is 3.91. The molecule has 0 radical (unpaired) electrons. The van der Waals surface area contributed by atoms with Gasteiger partial charge < -0.3 is 0 Å². The van der Waals surface area contributed by atoms with Crippen LogP contribution in [0, 0.1) is 5.92 Å². The Bertz CT molecular complexity index is 672. The van der Waals surface area contributed by atoms with Gasteiger partial charge in [-0.1, -0.05) is 55.0 Å². The third-order valence-corrected chi connectivity index (χ3v) is 3.57. The SMILES string of the molecule is CC1=CC=C(c2ncnc(-c3ccccc3)n2)[C@@H](C)C1. The quantitative estimate of drug-likeness (QED) is 0.824. The number of aromatic nitrogens is 3. The summed E-state index contributed by atoms with van der Waals surface area (Å²) < 4.78 is 0. The van der Waals surface area contributed by atoms with Crippen LogP contribution in [0.25, 0.3) is 17.0 Å². The summed E-state index contributed by atoms with van der Waals surface area (Å²) in [5.41, 5.74) is 3.61. The summed E-state index contributed by atoms with van der Waals surface area (Å²) in [7, 11) is 0. The Labute approximate surface area is 119 Å². The van der Waals surface area contributed by atoms with Gasteiger partial charge in [-0.05, 0) is 19.3 Å². The molecule has 1 atom stereocenters. The van der Waals surface area contributed by atoms with E-state index in [4.69, 9.17) is 0 Å². The average Bonchev–Trinajstić information content (AvgIpc) is 2.48. The lowest BCUT2D eigenvalue weighted by molar-refractivity contribution is 0.718. The first-order valence-corrected chi connectivity index (χ1v) is 6.86. The second kappa shape index (κ2) is 5.37. The topological polar surface area (TPSA) is 38.7 Å². The molecule has 0 N–H and O–H groups in total. The van der Waals surface area contributed by atoms with Crippen LogP contribution in [0.4, 0.5) is 0 Å². The molecule has 1 aromatic carbocycles. The monoisotopic (exact) mass is 263 g/mol. The molecule has 0 bridgehead atoms. The number of benzene rings is 1. The molecular formula is C17H17N3. The fourth-order valence-corrected chi connectivity index (χ4v) is 2.51. The van der Waals surface area contributed by atoms with Crippen molar-refractivity contribution in [3.8, 4) is 11.4 Å². The van der Waals surface area contributed by atoms with Crippen molar-refractivity contribution >= 4 is 5.57 Å². The van der Waals surface area contributed by atoms with Crippen LogP contribution in [0.3, 0.4) is 0 Å². The predicted molar refractivity (Wildman–Crippen MR) is 80.8 cm³/mol. The van der Waals surface area contributed by atoms with E-state index in [-0.39, 0.29) is 0 Å². The Morgan fingerprint density at radius 2 is 1.75 bits per heavy atom. The van der Waals surface area contributed by atoms with Crippen molar-refractivity contribution < 1.29 is 0 Å². The first-order valence-electron chi connectivity index (χ1n) is 6.86. The van der Waals surface area contributed by atoms with Gasteiger partial charge in [0.05, 0.1) is 0 Å². The summed E-state index contributed by atoms with van der Waals surface area (Å²) in [6.45, 7) is 4.38. The van der Waals surface area contributed by atoms with Gasteiger partial charge in [0.1, 0.15) is 6.33 Å². The lowest BCUT2D eigenvalue weighted by atomic mass is 9.89. The normalized spacial score (nSPS) is 18.4. The fourth-order valence-electron chi connectivity index (χ4n) is 2.51. The van der Waals surface area contributed by atoms with Crippen LogP contribution >= 0.6 is 0 Å². The van der Waals surface area contributed by atoms with E-state index < -0.39 is 0 Å². The molecule has 100 valence electrons. The van der Waals surface area contributed by atoms with Gasteiger partial charge in [-0.3, -0.25) is 0 Å². The van der Waals surface area contributed by atoms with Crippen molar-refractivity contribution in [2.45, 2.75) is 20.3 Å². The highest BCUT2D eigenvalue weighted by molar-refractivity contribution is 5.67. The van der Waals surface area contributed by atoms with E-state index in [0.717, 1.165) is 23.6 Å². The van der Waals surface area contributed by atoms with E-state index in [9.17, 15) is 0 Å². The highest BCUT2D eigenvalue weighted by Crippen LogP contribution is 2.30. The van der Waals surface area contributed by atoms with E-state index >= 15 is 0 Å². The Morgan fingerprint density at radius 1 is 1.00 bits per heavy atom. The summed E-state index contributed by atoms with van der Waals surface area (Å²) in [6.07, 6.45) is 6.95. The number of nitrogens with zero attached hydrogens (tertiary/aromatic N) is 3. The molecule has 1 aromatic heterocycles. The molecule has 3 nitrogen and oxygen atoms in total. The molecule has 0 fully saturated rings. The molecule has 3 heteroatoms. The van der Waals surface area contributed by atoms with Crippen molar-refractivity contribution in [2.75, 3.05) is 0 Å². The van der Waals surface area contributed by atoms with Gasteiger partial charge >= 0.3 is 0 Å². The molecule has 0 saturated heterocycles. The third kappa shape index (κ3) is 2.52. The van der Waals surface area contributed by atoms with Crippen molar-refractivity contribution in [1.29, 1.82) is 0 Å². The highest BCUT2D eigenvalue weighted by Gasteiger charge is 2.17. The molecule has 1 aliphatic rings. The fraction of sp³-hybridized carbons (Fsp3) is 0.235. The van der Waals surface area contributed by atoms with Crippen LogP contribution in [0.2, 0.25) is 0 Å². The summed E-state index contributed by atoms with van der Waals surface area (Å²) in [6, 6.07) is 10.0. The van der Waals surface area contributed by atoms with E-state index in [1.165, 1.54) is 11.1 Å². The summed E-state index contributed by atoms with van der Waals surface area (Å²) >= 11 is 0. The van der Waals surface area contributed by atoms with Crippen molar-refractivity contribution in [3.63, 3.8) is 0 Å². The smallest absolute Gasteiger partial charge is 0.163 e. The van der Waals surface area contributed by atoms with Crippen LogP contribution in [-0.4, -0.2) is 15.0 Å². The number of hydrogen-bond donors (Lipinski definition) is 0. The van der Waals surface area contributed by atoms with Crippen LogP contribution in [0.15, 0.2) is 54.4 Å². The van der Waals surface area contributed by atoms with Crippen LogP contribution in [0.1, 0.15) is 26.1 Å². The van der Waals surface area contributed by atoms with E-state index in [2.05, 4.69) is 41.0 Å². The first kappa shape index (κ1) is 12.7. The maximum atomic E-state index is 4.62. The molecule has 0 spiro atoms. The van der Waals surface area contributed by atoms with Crippen molar-refractivity contribution in [2.24, 2.45) is 5.92 Å². The minimum Gasteiger partial charge on any atom is -0.217 e. The lowest BCUT2D eigenvalue weighted by Gasteiger charge is -2.18. The first-order chi connectivity index (χ1) is 9.74. The Kier molecular flexibility index (Phi) is 3.42. The lowest BCUT2D eigenvalue weighted by Crippen LogP contribution is -2.08. The second-order valence-electron chi connectivity index (χ2n) is 5.24. The maximum Gasteiger partial charge on any atom is 0.163 e. The van der Waals surface area contributed by atoms with Gasteiger partial charge in [0.15, 0.2) is 11.6 Å². The van der Waals surface area contributed by atoms with Crippen molar-refractivity contribution in [3.05, 3.63) is 60.2 Å². The zero-order valence-corrected chi connectivity index (χ0v) is 11.7. The van der Waals surface area contributed by atoms with Crippen molar-refractivity contribution in [1.82, 2.24) is 15.0 Å². The molecule has 1 heterocycles. The molecule has 2 aromatic rings. The Balaban J connectivity index is 2.00. The molecule has 0 unspecified atom stereocenters. The van der Waals surface area contributed by atoms with Gasteiger partial charge in [-0.2, -0.15) is 0 Å². The zero-order chi connectivity index (χ0) is 13.9. The highest BCUT2D eigenvalue weighted by atomic mass is 15.0. The number of allylic oxidation sites excluding steroid dienone is 4. The molecule has 0 aliphatic heterocycles. The number of hydrogen-bond acceptors (Lipinski definition) is 3. The van der Waals surface area contributed by atoms with Gasteiger partial charge in [-0.25, -0.2) is 15.0 Å². The Morgan fingerprint density at radius 3 is 2.50 bits per heavy atom. The molecule has 1 aliphatic carbocycles. The Hall–Kier alpha value is -2.29.